The molecule has 5 nitrogen and oxygen atoms in total. The van der Waals surface area contributed by atoms with Crippen LogP contribution in [-0.4, -0.2) is 19.9 Å². The van der Waals surface area contributed by atoms with Crippen molar-refractivity contribution in [2.24, 2.45) is 0 Å². The van der Waals surface area contributed by atoms with Crippen molar-refractivity contribution < 1.29 is 4.42 Å². The van der Waals surface area contributed by atoms with Crippen LogP contribution in [0.25, 0.3) is 143 Å². The summed E-state index contributed by atoms with van der Waals surface area (Å²) in [6.07, 6.45) is 0. The molecule has 0 atom stereocenters. The summed E-state index contributed by atoms with van der Waals surface area (Å²) in [6, 6.07) is 77.0. The van der Waals surface area contributed by atoms with E-state index in [9.17, 15) is 0 Å². The molecule has 67 heavy (non-hydrogen) atoms. The number of hydrogen-bond donors (Lipinski definition) is 0. The lowest BCUT2D eigenvalue weighted by molar-refractivity contribution is 0.669. The van der Waals surface area contributed by atoms with Crippen LogP contribution in [0.1, 0.15) is 0 Å². The molecule has 0 aliphatic rings. The third-order valence-electron chi connectivity index (χ3n) is 13.5. The SMILES string of the molecule is c1ccc(-c2nc(-c3ccc(-c4nc5ccccc5c5c(-c6ccc7c8ccccc8c8ccccc8c7c6)c6c(cc45)oc4ccccc46)cc3)nc(-c3ccc4ccccc4c3)n2)cc1. The molecular formula is C62H36N4O. The monoisotopic (exact) mass is 852 g/mol. The molecule has 14 aromatic rings. The minimum atomic E-state index is 0.600. The van der Waals surface area contributed by atoms with Crippen molar-refractivity contribution in [3.8, 4) is 56.5 Å². The van der Waals surface area contributed by atoms with Gasteiger partial charge in [0, 0.05) is 54.7 Å². The molecule has 0 radical (unpaired) electrons. The highest BCUT2D eigenvalue weighted by atomic mass is 16.3. The maximum Gasteiger partial charge on any atom is 0.164 e. The van der Waals surface area contributed by atoms with Gasteiger partial charge in [0.1, 0.15) is 11.2 Å². The number of fused-ring (bicyclic) bond motifs is 13. The first kappa shape index (κ1) is 37.3. The standard InChI is InChI=1S/C62H36N4O/c1-2-15-39(16-3-1)60-64-61(66-62(65-60)43-31-26-37-14-4-5-17-41(37)34-43)40-29-27-38(28-30-40)59-52-36-55-58(50-23-11-13-25-54(50)67-55)56(57(52)49-22-10-12-24-53(49)63-59)42-32-33-48-46-20-7-6-18-44(46)45-19-8-9-21-47(45)51(48)35-42/h1-36H. The Morgan fingerprint density at radius 1 is 0.269 bits per heavy atom. The van der Waals surface area contributed by atoms with E-state index in [4.69, 9.17) is 24.4 Å². The third-order valence-corrected chi connectivity index (χ3v) is 13.5. The summed E-state index contributed by atoms with van der Waals surface area (Å²) in [5, 5.41) is 15.2. The fraction of sp³-hybridized carbons (Fsp3) is 0. The zero-order valence-corrected chi connectivity index (χ0v) is 36.0. The van der Waals surface area contributed by atoms with E-state index in [1.807, 2.05) is 36.4 Å². The van der Waals surface area contributed by atoms with E-state index < -0.39 is 0 Å². The molecule has 11 aromatic carbocycles. The second-order valence-electron chi connectivity index (χ2n) is 17.3. The second-order valence-corrected chi connectivity index (χ2v) is 17.3. The summed E-state index contributed by atoms with van der Waals surface area (Å²) < 4.78 is 6.79. The molecule has 0 bridgehead atoms. The van der Waals surface area contributed by atoms with Crippen LogP contribution >= 0.6 is 0 Å². The van der Waals surface area contributed by atoms with Crippen molar-refractivity contribution in [2.45, 2.75) is 0 Å². The van der Waals surface area contributed by atoms with Gasteiger partial charge in [-0.05, 0) is 79.0 Å². The first-order chi connectivity index (χ1) is 33.2. The lowest BCUT2D eigenvalue weighted by atomic mass is 9.87. The zero-order valence-electron chi connectivity index (χ0n) is 36.0. The predicted molar refractivity (Wildman–Crippen MR) is 277 cm³/mol. The van der Waals surface area contributed by atoms with Crippen molar-refractivity contribution in [3.05, 3.63) is 218 Å². The summed E-state index contributed by atoms with van der Waals surface area (Å²) in [6.45, 7) is 0. The normalized spacial score (nSPS) is 11.9. The van der Waals surface area contributed by atoms with Gasteiger partial charge in [0.25, 0.3) is 0 Å². The molecule has 0 amide bonds. The smallest absolute Gasteiger partial charge is 0.164 e. The molecule has 0 saturated carbocycles. The number of rotatable bonds is 5. The van der Waals surface area contributed by atoms with Gasteiger partial charge in [-0.3, -0.25) is 0 Å². The fourth-order valence-electron chi connectivity index (χ4n) is 10.3. The maximum absolute atomic E-state index is 6.79. The van der Waals surface area contributed by atoms with Gasteiger partial charge in [-0.1, -0.05) is 188 Å². The molecule has 0 unspecified atom stereocenters. The van der Waals surface area contributed by atoms with Crippen molar-refractivity contribution in [1.82, 2.24) is 19.9 Å². The first-order valence-corrected chi connectivity index (χ1v) is 22.6. The van der Waals surface area contributed by atoms with E-state index in [1.54, 1.807) is 0 Å². The summed E-state index contributed by atoms with van der Waals surface area (Å²) in [5.41, 5.74) is 9.44. The Morgan fingerprint density at radius 3 is 1.52 bits per heavy atom. The Kier molecular flexibility index (Phi) is 8.21. The number of para-hydroxylation sites is 2. The van der Waals surface area contributed by atoms with E-state index in [-0.39, 0.29) is 0 Å². The van der Waals surface area contributed by atoms with Crippen molar-refractivity contribution in [1.29, 1.82) is 0 Å². The molecule has 3 aromatic heterocycles. The van der Waals surface area contributed by atoms with Gasteiger partial charge in [-0.25, -0.2) is 19.9 Å². The Labute approximate surface area is 384 Å². The van der Waals surface area contributed by atoms with Crippen LogP contribution in [0, 0.1) is 0 Å². The summed E-state index contributed by atoms with van der Waals surface area (Å²) in [7, 11) is 0. The molecule has 0 aliphatic heterocycles. The Hall–Kier alpha value is -9.06. The van der Waals surface area contributed by atoms with Gasteiger partial charge in [0.2, 0.25) is 0 Å². The molecule has 0 spiro atoms. The number of pyridine rings is 1. The minimum absolute atomic E-state index is 0.600. The molecule has 0 saturated heterocycles. The van der Waals surface area contributed by atoms with E-state index in [0.717, 1.165) is 88.1 Å². The number of benzene rings is 11. The molecule has 5 heteroatoms. The van der Waals surface area contributed by atoms with Crippen molar-refractivity contribution in [3.63, 3.8) is 0 Å². The quantitative estimate of drug-likeness (QED) is 0.161. The topological polar surface area (TPSA) is 64.7 Å². The summed E-state index contributed by atoms with van der Waals surface area (Å²) in [5.74, 6) is 1.85. The van der Waals surface area contributed by atoms with E-state index in [2.05, 4.69) is 182 Å². The zero-order chi connectivity index (χ0) is 44.0. The largest absolute Gasteiger partial charge is 0.456 e. The van der Waals surface area contributed by atoms with E-state index in [1.165, 1.54) is 37.7 Å². The van der Waals surface area contributed by atoms with Crippen LogP contribution in [0.2, 0.25) is 0 Å². The highest BCUT2D eigenvalue weighted by Gasteiger charge is 2.23. The predicted octanol–water partition coefficient (Wildman–Crippen LogP) is 16.4. The first-order valence-electron chi connectivity index (χ1n) is 22.6. The Bertz CT molecular complexity index is 4290. The molecule has 14 rings (SSSR count). The fourth-order valence-corrected chi connectivity index (χ4v) is 10.3. The van der Waals surface area contributed by atoms with E-state index >= 15 is 0 Å². The van der Waals surface area contributed by atoms with Crippen molar-refractivity contribution >= 4 is 86.7 Å². The molecule has 3 heterocycles. The molecule has 310 valence electrons. The van der Waals surface area contributed by atoms with Gasteiger partial charge in [-0.15, -0.1) is 0 Å². The van der Waals surface area contributed by atoms with Crippen LogP contribution in [0.5, 0.6) is 0 Å². The number of furan rings is 1. The van der Waals surface area contributed by atoms with Crippen molar-refractivity contribution in [2.75, 3.05) is 0 Å². The van der Waals surface area contributed by atoms with Crippen LogP contribution in [0.15, 0.2) is 223 Å². The molecule has 0 N–H and O–H groups in total. The summed E-state index contributed by atoms with van der Waals surface area (Å²) >= 11 is 0. The van der Waals surface area contributed by atoms with Crippen LogP contribution < -0.4 is 0 Å². The number of hydrogen-bond acceptors (Lipinski definition) is 5. The van der Waals surface area contributed by atoms with Gasteiger partial charge in [0.05, 0.1) is 11.2 Å². The maximum atomic E-state index is 6.79. The van der Waals surface area contributed by atoms with Gasteiger partial charge >= 0.3 is 0 Å². The second kappa shape index (κ2) is 14.7. The van der Waals surface area contributed by atoms with Gasteiger partial charge < -0.3 is 4.42 Å². The van der Waals surface area contributed by atoms with Gasteiger partial charge in [0.15, 0.2) is 17.5 Å². The third kappa shape index (κ3) is 5.95. The Balaban J connectivity index is 0.995. The lowest BCUT2D eigenvalue weighted by Crippen LogP contribution is -2.00. The number of nitrogens with zero attached hydrogens (tertiary/aromatic N) is 4. The summed E-state index contributed by atoms with van der Waals surface area (Å²) in [4.78, 5) is 20.6. The highest BCUT2D eigenvalue weighted by molar-refractivity contribution is 6.30. The molecular weight excluding hydrogens is 817 g/mol. The average molecular weight is 853 g/mol. The highest BCUT2D eigenvalue weighted by Crippen LogP contribution is 2.48. The van der Waals surface area contributed by atoms with Gasteiger partial charge in [-0.2, -0.15) is 0 Å². The van der Waals surface area contributed by atoms with E-state index in [0.29, 0.717) is 17.5 Å². The Morgan fingerprint density at radius 2 is 0.791 bits per heavy atom. The molecule has 0 aliphatic carbocycles. The van der Waals surface area contributed by atoms with Crippen LogP contribution in [0.4, 0.5) is 0 Å². The molecule has 0 fully saturated rings. The average Bonchev–Trinajstić information content (AvgIpc) is 3.78. The minimum Gasteiger partial charge on any atom is -0.456 e. The van der Waals surface area contributed by atoms with Crippen LogP contribution in [0.3, 0.4) is 0 Å². The number of aromatic nitrogens is 4. The van der Waals surface area contributed by atoms with Crippen LogP contribution in [-0.2, 0) is 0 Å². The lowest BCUT2D eigenvalue weighted by Gasteiger charge is -2.17.